The zero-order valence-corrected chi connectivity index (χ0v) is 12.2. The molecule has 0 radical (unpaired) electrons. The molecule has 0 saturated carbocycles. The van der Waals surface area contributed by atoms with E-state index in [1.165, 1.54) is 23.6 Å². The minimum Gasteiger partial charge on any atom is -0.326 e. The van der Waals surface area contributed by atoms with Crippen LogP contribution in [0, 0.1) is 0 Å². The maximum absolute atomic E-state index is 12.3. The van der Waals surface area contributed by atoms with Crippen molar-refractivity contribution < 1.29 is 8.42 Å². The third-order valence-electron chi connectivity index (χ3n) is 2.87. The molecule has 2 rings (SSSR count). The topological polar surface area (TPSA) is 94.1 Å². The first-order chi connectivity index (χ1) is 9.43. The molecule has 108 valence electrons. The van der Waals surface area contributed by atoms with E-state index in [9.17, 15) is 8.42 Å². The van der Waals surface area contributed by atoms with Crippen LogP contribution in [0.5, 0.6) is 0 Å². The van der Waals surface area contributed by atoms with Gasteiger partial charge < -0.3 is 5.73 Å². The van der Waals surface area contributed by atoms with E-state index in [0.717, 1.165) is 11.1 Å². The Morgan fingerprint density at radius 1 is 1.30 bits per heavy atom. The lowest BCUT2D eigenvalue weighted by Gasteiger charge is -2.15. The van der Waals surface area contributed by atoms with Gasteiger partial charge in [-0.3, -0.25) is 4.68 Å². The van der Waals surface area contributed by atoms with E-state index in [0.29, 0.717) is 6.54 Å². The quantitative estimate of drug-likeness (QED) is 0.844. The van der Waals surface area contributed by atoms with Crippen LogP contribution in [0.1, 0.15) is 11.1 Å². The number of rotatable bonds is 5. The standard InChI is InChI=1S/C12H17N5O2S/c1-16-8-11(7-15-16)9-17(2)20(18,19)12-4-3-10(5-13)6-14-12/h3-4,6-8H,5,9,13H2,1-2H3. The normalized spacial score (nSPS) is 12.0. The van der Waals surface area contributed by atoms with Crippen molar-refractivity contribution in [3.05, 3.63) is 41.9 Å². The molecule has 0 saturated heterocycles. The highest BCUT2D eigenvalue weighted by Gasteiger charge is 2.22. The van der Waals surface area contributed by atoms with Gasteiger partial charge in [0.1, 0.15) is 0 Å². The van der Waals surface area contributed by atoms with Gasteiger partial charge in [-0.15, -0.1) is 0 Å². The van der Waals surface area contributed by atoms with Gasteiger partial charge >= 0.3 is 0 Å². The smallest absolute Gasteiger partial charge is 0.260 e. The SMILES string of the molecule is CN(Cc1cnn(C)c1)S(=O)(=O)c1ccc(CN)cn1. The van der Waals surface area contributed by atoms with Crippen molar-refractivity contribution >= 4 is 10.0 Å². The van der Waals surface area contributed by atoms with Crippen molar-refractivity contribution in [1.82, 2.24) is 19.1 Å². The summed E-state index contributed by atoms with van der Waals surface area (Å²) in [6.45, 7) is 0.579. The summed E-state index contributed by atoms with van der Waals surface area (Å²) in [6.07, 6.45) is 4.89. The summed E-state index contributed by atoms with van der Waals surface area (Å²) in [5.41, 5.74) is 7.07. The molecule has 0 aliphatic carbocycles. The van der Waals surface area contributed by atoms with Crippen LogP contribution in [0.4, 0.5) is 0 Å². The fourth-order valence-electron chi connectivity index (χ4n) is 1.74. The predicted octanol–water partition coefficient (Wildman–Crippen LogP) is 0.0945. The Balaban J connectivity index is 2.19. The Morgan fingerprint density at radius 2 is 2.05 bits per heavy atom. The Labute approximate surface area is 118 Å². The molecule has 0 unspecified atom stereocenters. The zero-order chi connectivity index (χ0) is 14.8. The van der Waals surface area contributed by atoms with Gasteiger partial charge in [-0.05, 0) is 11.6 Å². The van der Waals surface area contributed by atoms with Crippen LogP contribution in [-0.4, -0.2) is 34.5 Å². The molecule has 0 atom stereocenters. The molecule has 0 fully saturated rings. The number of pyridine rings is 1. The fraction of sp³-hybridized carbons (Fsp3) is 0.333. The van der Waals surface area contributed by atoms with E-state index in [-0.39, 0.29) is 11.6 Å². The highest BCUT2D eigenvalue weighted by Crippen LogP contribution is 2.14. The number of hydrogen-bond acceptors (Lipinski definition) is 5. The Kier molecular flexibility index (Phi) is 4.17. The molecule has 2 heterocycles. The lowest BCUT2D eigenvalue weighted by molar-refractivity contribution is 0.463. The molecule has 2 aromatic rings. The molecule has 0 bridgehead atoms. The van der Waals surface area contributed by atoms with E-state index in [4.69, 9.17) is 5.73 Å². The van der Waals surface area contributed by atoms with Gasteiger partial charge in [-0.2, -0.15) is 9.40 Å². The van der Waals surface area contributed by atoms with E-state index >= 15 is 0 Å². The third kappa shape index (κ3) is 3.03. The average Bonchev–Trinajstić information content (AvgIpc) is 2.84. The number of sulfonamides is 1. The Hall–Kier alpha value is -1.77. The Bertz CT molecular complexity index is 678. The molecular formula is C12H17N5O2S. The molecule has 0 aromatic carbocycles. The van der Waals surface area contributed by atoms with Gasteiger partial charge in [0.15, 0.2) is 5.03 Å². The van der Waals surface area contributed by atoms with E-state index in [2.05, 4.69) is 10.1 Å². The second-order valence-electron chi connectivity index (χ2n) is 4.49. The summed E-state index contributed by atoms with van der Waals surface area (Å²) >= 11 is 0. The first kappa shape index (κ1) is 14.6. The van der Waals surface area contributed by atoms with E-state index in [1.54, 1.807) is 30.2 Å². The van der Waals surface area contributed by atoms with Crippen molar-refractivity contribution in [1.29, 1.82) is 0 Å². The van der Waals surface area contributed by atoms with Gasteiger partial charge in [-0.1, -0.05) is 6.07 Å². The number of aryl methyl sites for hydroxylation is 1. The van der Waals surface area contributed by atoms with Gasteiger partial charge in [0.05, 0.1) is 6.20 Å². The molecule has 2 N–H and O–H groups in total. The summed E-state index contributed by atoms with van der Waals surface area (Å²) in [7, 11) is -0.311. The molecule has 0 aliphatic heterocycles. The molecule has 0 amide bonds. The molecule has 8 heteroatoms. The highest BCUT2D eigenvalue weighted by atomic mass is 32.2. The van der Waals surface area contributed by atoms with Crippen LogP contribution in [-0.2, 0) is 30.2 Å². The number of nitrogens with two attached hydrogens (primary N) is 1. The minimum atomic E-state index is -3.61. The number of aromatic nitrogens is 3. The Morgan fingerprint density at radius 3 is 2.55 bits per heavy atom. The summed E-state index contributed by atoms with van der Waals surface area (Å²) in [4.78, 5) is 3.96. The first-order valence-electron chi connectivity index (χ1n) is 6.02. The zero-order valence-electron chi connectivity index (χ0n) is 11.4. The lowest BCUT2D eigenvalue weighted by Crippen LogP contribution is -2.27. The van der Waals surface area contributed by atoms with Gasteiger partial charge in [0, 0.05) is 45.1 Å². The van der Waals surface area contributed by atoms with E-state index < -0.39 is 10.0 Å². The van der Waals surface area contributed by atoms with Crippen molar-refractivity contribution in [2.75, 3.05) is 7.05 Å². The van der Waals surface area contributed by atoms with Crippen LogP contribution in [0.15, 0.2) is 35.7 Å². The van der Waals surface area contributed by atoms with Crippen LogP contribution >= 0.6 is 0 Å². The molecule has 7 nitrogen and oxygen atoms in total. The summed E-state index contributed by atoms with van der Waals surface area (Å²) < 4.78 is 27.6. The van der Waals surface area contributed by atoms with Crippen molar-refractivity contribution in [2.45, 2.75) is 18.1 Å². The average molecular weight is 295 g/mol. The number of hydrogen-bond donors (Lipinski definition) is 1. The summed E-state index contributed by atoms with van der Waals surface area (Å²) in [5, 5.41) is 4.03. The molecular weight excluding hydrogens is 278 g/mol. The van der Waals surface area contributed by atoms with E-state index in [1.807, 2.05) is 0 Å². The molecule has 20 heavy (non-hydrogen) atoms. The minimum absolute atomic E-state index is 0.0149. The van der Waals surface area contributed by atoms with Crippen LogP contribution in [0.25, 0.3) is 0 Å². The van der Waals surface area contributed by atoms with Crippen molar-refractivity contribution in [3.8, 4) is 0 Å². The highest BCUT2D eigenvalue weighted by molar-refractivity contribution is 7.89. The maximum Gasteiger partial charge on any atom is 0.260 e. The second-order valence-corrected chi connectivity index (χ2v) is 6.48. The maximum atomic E-state index is 12.3. The van der Waals surface area contributed by atoms with Crippen LogP contribution in [0.3, 0.4) is 0 Å². The second kappa shape index (κ2) is 5.70. The van der Waals surface area contributed by atoms with Crippen LogP contribution < -0.4 is 5.73 Å². The fourth-order valence-corrected chi connectivity index (χ4v) is 2.80. The largest absolute Gasteiger partial charge is 0.326 e. The van der Waals surface area contributed by atoms with Crippen molar-refractivity contribution in [2.24, 2.45) is 12.8 Å². The predicted molar refractivity (Wildman–Crippen MR) is 74.0 cm³/mol. The molecule has 0 aliphatic rings. The van der Waals surface area contributed by atoms with Gasteiger partial charge in [0.2, 0.25) is 0 Å². The van der Waals surface area contributed by atoms with Gasteiger partial charge in [0.25, 0.3) is 10.0 Å². The third-order valence-corrected chi connectivity index (χ3v) is 4.59. The summed E-state index contributed by atoms with van der Waals surface area (Å²) in [5.74, 6) is 0. The van der Waals surface area contributed by atoms with Crippen LogP contribution in [0.2, 0.25) is 0 Å². The van der Waals surface area contributed by atoms with Crippen molar-refractivity contribution in [3.63, 3.8) is 0 Å². The molecule has 2 aromatic heterocycles. The lowest BCUT2D eigenvalue weighted by atomic mass is 10.3. The summed E-state index contributed by atoms with van der Waals surface area (Å²) in [6, 6.07) is 3.13. The molecule has 0 spiro atoms. The number of nitrogens with zero attached hydrogens (tertiary/aromatic N) is 4. The van der Waals surface area contributed by atoms with Gasteiger partial charge in [-0.25, -0.2) is 13.4 Å². The monoisotopic (exact) mass is 295 g/mol. The first-order valence-corrected chi connectivity index (χ1v) is 7.46.